The van der Waals surface area contributed by atoms with Crippen LogP contribution in [0.15, 0.2) is 12.2 Å². The maximum atomic E-state index is 12.3. The van der Waals surface area contributed by atoms with Crippen molar-refractivity contribution in [2.24, 2.45) is 0 Å². The lowest BCUT2D eigenvalue weighted by Gasteiger charge is -2.43. The molecule has 0 aromatic rings. The third-order valence-corrected chi connectivity index (χ3v) is 5.24. The van der Waals surface area contributed by atoms with Gasteiger partial charge in [0, 0.05) is 20.8 Å². The topological polar surface area (TPSA) is 202 Å². The molecule has 1 rings (SSSR count). The van der Waals surface area contributed by atoms with Crippen LogP contribution in [0.5, 0.6) is 0 Å². The second-order valence-corrected chi connectivity index (χ2v) is 8.54. The highest BCUT2D eigenvalue weighted by molar-refractivity contribution is 5.94. The lowest BCUT2D eigenvalue weighted by atomic mass is 9.93. The van der Waals surface area contributed by atoms with Gasteiger partial charge in [0.2, 0.25) is 17.7 Å². The molecule has 0 aliphatic carbocycles. The Kier molecular flexibility index (Phi) is 13.6. The smallest absolute Gasteiger partial charge is 0.325 e. The van der Waals surface area contributed by atoms with Gasteiger partial charge in [-0.05, 0) is 26.3 Å². The molecule has 1 fully saturated rings. The summed E-state index contributed by atoms with van der Waals surface area (Å²) in [7, 11) is 1.16. The second kappa shape index (κ2) is 16.1. The summed E-state index contributed by atoms with van der Waals surface area (Å²) < 4.78 is 26.2. The van der Waals surface area contributed by atoms with E-state index in [1.54, 1.807) is 6.92 Å². The van der Waals surface area contributed by atoms with E-state index in [0.717, 1.165) is 27.0 Å². The van der Waals surface area contributed by atoms with Gasteiger partial charge in [-0.3, -0.25) is 33.6 Å². The molecule has 218 valence electrons. The number of rotatable bonds is 12. The highest BCUT2D eigenvalue weighted by Gasteiger charge is 2.49. The molecule has 0 aromatic carbocycles. The van der Waals surface area contributed by atoms with Crippen molar-refractivity contribution in [1.82, 2.24) is 16.0 Å². The molecule has 1 heterocycles. The lowest BCUT2D eigenvalue weighted by molar-refractivity contribution is -0.242. The minimum atomic E-state index is -1.15. The molecule has 1 aliphatic rings. The molecule has 3 N–H and O–H groups in total. The Bertz CT molecular complexity index is 966. The number of amides is 3. The number of hydrogen-bond acceptors (Lipinski definition) is 12. The van der Waals surface area contributed by atoms with Gasteiger partial charge in [0.1, 0.15) is 18.7 Å². The summed E-state index contributed by atoms with van der Waals surface area (Å²) in [5, 5.41) is 6.98. The van der Waals surface area contributed by atoms with Crippen LogP contribution in [0.1, 0.15) is 41.0 Å². The first-order chi connectivity index (χ1) is 18.2. The molecule has 1 saturated heterocycles. The monoisotopic (exact) mass is 557 g/mol. The summed E-state index contributed by atoms with van der Waals surface area (Å²) in [6.07, 6.45) is -2.38. The number of ether oxygens (including phenoxy) is 5. The average molecular weight is 558 g/mol. The SMILES string of the molecule is COC(=O)CNC(=O)CNC(=O)[C@H](C)NC(=O)/C=C/C[C@@H]1O[C@@H](C)[C@@H](OC(C)=O)[C@@H](OC(C)=O)[C@@H]1OC(C)=O. The van der Waals surface area contributed by atoms with E-state index in [0.29, 0.717) is 0 Å². The number of carbonyl (C=O) groups is 7. The predicted octanol–water partition coefficient (Wildman–Crippen LogP) is -1.57. The van der Waals surface area contributed by atoms with Crippen molar-refractivity contribution in [2.75, 3.05) is 20.2 Å². The molecule has 0 aromatic heterocycles. The van der Waals surface area contributed by atoms with Crippen molar-refractivity contribution in [3.63, 3.8) is 0 Å². The van der Waals surface area contributed by atoms with Gasteiger partial charge in [-0.25, -0.2) is 0 Å². The Balaban J connectivity index is 2.76. The minimum Gasteiger partial charge on any atom is -0.468 e. The lowest BCUT2D eigenvalue weighted by Crippen LogP contribution is -2.60. The van der Waals surface area contributed by atoms with Crippen molar-refractivity contribution in [1.29, 1.82) is 0 Å². The van der Waals surface area contributed by atoms with Crippen molar-refractivity contribution >= 4 is 41.6 Å². The molecule has 6 atom stereocenters. The van der Waals surface area contributed by atoms with E-state index in [4.69, 9.17) is 18.9 Å². The number of nitrogens with one attached hydrogen (secondary N) is 3. The van der Waals surface area contributed by atoms with Crippen molar-refractivity contribution in [3.05, 3.63) is 12.2 Å². The molecule has 15 nitrogen and oxygen atoms in total. The summed E-state index contributed by atoms with van der Waals surface area (Å²) in [5.41, 5.74) is 0. The first-order valence-electron chi connectivity index (χ1n) is 12.0. The molecule has 0 radical (unpaired) electrons. The Morgan fingerprint density at radius 1 is 0.846 bits per heavy atom. The van der Waals surface area contributed by atoms with Crippen LogP contribution in [0.25, 0.3) is 0 Å². The molecule has 39 heavy (non-hydrogen) atoms. The van der Waals surface area contributed by atoms with E-state index >= 15 is 0 Å². The zero-order chi connectivity index (χ0) is 29.7. The third kappa shape index (κ3) is 11.9. The summed E-state index contributed by atoms with van der Waals surface area (Å²) >= 11 is 0. The highest BCUT2D eigenvalue weighted by Crippen LogP contribution is 2.30. The molecular formula is C24H35N3O12. The second-order valence-electron chi connectivity index (χ2n) is 8.54. The quantitative estimate of drug-likeness (QED) is 0.141. The number of carbonyl (C=O) groups excluding carboxylic acids is 7. The number of hydrogen-bond donors (Lipinski definition) is 3. The van der Waals surface area contributed by atoms with Gasteiger partial charge in [-0.15, -0.1) is 0 Å². The summed E-state index contributed by atoms with van der Waals surface area (Å²) in [4.78, 5) is 82.1. The fraction of sp³-hybridized carbons (Fsp3) is 0.625. The van der Waals surface area contributed by atoms with E-state index in [-0.39, 0.29) is 13.0 Å². The summed E-state index contributed by atoms with van der Waals surface area (Å²) in [6.45, 7) is 5.70. The molecule has 0 spiro atoms. The van der Waals surface area contributed by atoms with Crippen LogP contribution in [-0.4, -0.2) is 98.4 Å². The van der Waals surface area contributed by atoms with Gasteiger partial charge in [-0.2, -0.15) is 0 Å². The predicted molar refractivity (Wildman–Crippen MR) is 130 cm³/mol. The Morgan fingerprint density at radius 3 is 1.97 bits per heavy atom. The van der Waals surface area contributed by atoms with Gasteiger partial charge in [0.15, 0.2) is 18.3 Å². The van der Waals surface area contributed by atoms with Crippen LogP contribution in [0.4, 0.5) is 0 Å². The Labute approximate surface area is 225 Å². The van der Waals surface area contributed by atoms with Crippen LogP contribution in [0.2, 0.25) is 0 Å². The van der Waals surface area contributed by atoms with Crippen LogP contribution in [-0.2, 0) is 57.2 Å². The van der Waals surface area contributed by atoms with E-state index in [2.05, 4.69) is 20.7 Å². The van der Waals surface area contributed by atoms with Crippen molar-refractivity contribution in [2.45, 2.75) is 77.6 Å². The first kappa shape index (κ1) is 33.0. The van der Waals surface area contributed by atoms with Gasteiger partial charge in [0.05, 0.1) is 19.8 Å². The molecule has 3 amide bonds. The van der Waals surface area contributed by atoms with Gasteiger partial charge < -0.3 is 39.6 Å². The van der Waals surface area contributed by atoms with Crippen molar-refractivity contribution < 1.29 is 57.2 Å². The van der Waals surface area contributed by atoms with Gasteiger partial charge >= 0.3 is 23.9 Å². The largest absolute Gasteiger partial charge is 0.468 e. The fourth-order valence-electron chi connectivity index (χ4n) is 3.56. The van der Waals surface area contributed by atoms with E-state index < -0.39 is 84.7 Å². The zero-order valence-corrected chi connectivity index (χ0v) is 22.6. The average Bonchev–Trinajstić information content (AvgIpc) is 2.84. The van der Waals surface area contributed by atoms with Crippen LogP contribution >= 0.6 is 0 Å². The molecular weight excluding hydrogens is 522 g/mol. The maximum absolute atomic E-state index is 12.3. The normalized spacial score (nSPS) is 23.1. The maximum Gasteiger partial charge on any atom is 0.325 e. The van der Waals surface area contributed by atoms with E-state index in [1.165, 1.54) is 19.9 Å². The molecule has 0 unspecified atom stereocenters. The molecule has 15 heteroatoms. The fourth-order valence-corrected chi connectivity index (χ4v) is 3.56. The summed E-state index contributed by atoms with van der Waals surface area (Å²) in [5.74, 6) is -4.60. The van der Waals surface area contributed by atoms with E-state index in [1.807, 2.05) is 0 Å². The van der Waals surface area contributed by atoms with Crippen molar-refractivity contribution in [3.8, 4) is 0 Å². The number of esters is 4. The number of methoxy groups -OCH3 is 1. The van der Waals surface area contributed by atoms with Crippen LogP contribution < -0.4 is 16.0 Å². The van der Waals surface area contributed by atoms with Crippen LogP contribution in [0, 0.1) is 0 Å². The minimum absolute atomic E-state index is 0.0290. The molecule has 1 aliphatic heterocycles. The highest BCUT2D eigenvalue weighted by atomic mass is 16.6. The Hall–Kier alpha value is -4.01. The van der Waals surface area contributed by atoms with E-state index in [9.17, 15) is 33.6 Å². The molecule has 0 saturated carbocycles. The summed E-state index contributed by atoms with van der Waals surface area (Å²) in [6, 6.07) is -1.01. The Morgan fingerprint density at radius 2 is 1.41 bits per heavy atom. The van der Waals surface area contributed by atoms with Gasteiger partial charge in [-0.1, -0.05) is 6.08 Å². The van der Waals surface area contributed by atoms with Crippen LogP contribution in [0.3, 0.4) is 0 Å². The zero-order valence-electron chi connectivity index (χ0n) is 22.6. The third-order valence-electron chi connectivity index (χ3n) is 5.24. The van der Waals surface area contributed by atoms with Gasteiger partial charge in [0.25, 0.3) is 0 Å². The standard InChI is InChI=1S/C24H35N3O12/c1-12(24(34)26-10-19(32)25-11-20(33)35-6)27-18(31)9-7-8-17-22(38-15(4)29)23(39-16(5)30)21(13(2)36-17)37-14(3)28/h7,9,12-13,17,21-23H,8,10-11H2,1-6H3,(H,25,32)(H,26,34)(H,27,31)/b9-7+/t12-,13-,17-,21+,22+,23+/m0/s1. The molecule has 0 bridgehead atoms. The first-order valence-corrected chi connectivity index (χ1v) is 12.0.